The van der Waals surface area contributed by atoms with Gasteiger partial charge in [-0.1, -0.05) is 5.16 Å². The molecule has 0 radical (unpaired) electrons. The molecule has 3 heterocycles. The second kappa shape index (κ2) is 5.74. The fraction of sp³-hybridized carbons (Fsp3) is 0.188. The molecule has 0 saturated carbocycles. The van der Waals surface area contributed by atoms with Gasteiger partial charge in [0.2, 0.25) is 0 Å². The minimum Gasteiger partial charge on any atom is -0.394 e. The van der Waals surface area contributed by atoms with Crippen LogP contribution in [0.4, 0.5) is 5.69 Å². The smallest absolute Gasteiger partial charge is 0.274 e. The molecule has 0 unspecified atom stereocenters. The number of anilines is 1. The summed E-state index contributed by atoms with van der Waals surface area (Å²) in [6, 6.07) is 7.32. The first kappa shape index (κ1) is 15.1. The first-order valence-electron chi connectivity index (χ1n) is 6.91. The minimum atomic E-state index is -0.257. The standard InChI is InChI=1S/C16H14N4O2S/c1-9-15(10(2)22-19-9)11-5-14(18)16(21)20(7-11)8-13-4-3-12(6-17)23-13/h3-5,7H,8,18H2,1-2H3. The molecule has 0 atom stereocenters. The lowest BCUT2D eigenvalue weighted by Crippen LogP contribution is -2.22. The van der Waals surface area contributed by atoms with Crippen molar-refractivity contribution < 1.29 is 4.52 Å². The zero-order chi connectivity index (χ0) is 16.6. The number of nitrogens with two attached hydrogens (primary N) is 1. The van der Waals surface area contributed by atoms with E-state index in [0.29, 0.717) is 17.2 Å². The summed E-state index contributed by atoms with van der Waals surface area (Å²) in [5, 5.41) is 12.8. The van der Waals surface area contributed by atoms with Crippen molar-refractivity contribution in [3.63, 3.8) is 0 Å². The molecule has 0 spiro atoms. The molecule has 0 aliphatic rings. The summed E-state index contributed by atoms with van der Waals surface area (Å²) in [5.74, 6) is 0.676. The normalized spacial score (nSPS) is 10.7. The number of thiophene rings is 1. The van der Waals surface area contributed by atoms with Crippen LogP contribution in [0.5, 0.6) is 0 Å². The molecule has 3 aromatic heterocycles. The van der Waals surface area contributed by atoms with Crippen LogP contribution in [0.15, 0.2) is 33.7 Å². The van der Waals surface area contributed by atoms with Crippen LogP contribution in [0.1, 0.15) is 21.2 Å². The van der Waals surface area contributed by atoms with E-state index in [9.17, 15) is 4.79 Å². The zero-order valence-electron chi connectivity index (χ0n) is 12.7. The highest BCUT2D eigenvalue weighted by Crippen LogP contribution is 2.27. The SMILES string of the molecule is Cc1noc(C)c1-c1cc(N)c(=O)n(Cc2ccc(C#N)s2)c1. The van der Waals surface area contributed by atoms with E-state index < -0.39 is 0 Å². The maximum Gasteiger partial charge on any atom is 0.274 e. The molecule has 6 nitrogen and oxygen atoms in total. The van der Waals surface area contributed by atoms with Gasteiger partial charge in [-0.15, -0.1) is 11.3 Å². The molecule has 0 fully saturated rings. The van der Waals surface area contributed by atoms with E-state index in [-0.39, 0.29) is 11.2 Å². The van der Waals surface area contributed by atoms with Crippen molar-refractivity contribution in [1.29, 1.82) is 5.26 Å². The number of aryl methyl sites for hydroxylation is 2. The lowest BCUT2D eigenvalue weighted by atomic mass is 10.1. The number of hydrogen-bond acceptors (Lipinski definition) is 6. The van der Waals surface area contributed by atoms with Crippen molar-refractivity contribution >= 4 is 17.0 Å². The van der Waals surface area contributed by atoms with Crippen molar-refractivity contribution in [2.45, 2.75) is 20.4 Å². The highest BCUT2D eigenvalue weighted by molar-refractivity contribution is 7.12. The van der Waals surface area contributed by atoms with Crippen LogP contribution in [0.25, 0.3) is 11.1 Å². The van der Waals surface area contributed by atoms with Crippen LogP contribution in [0, 0.1) is 25.2 Å². The van der Waals surface area contributed by atoms with Gasteiger partial charge in [-0.3, -0.25) is 4.79 Å². The molecule has 2 N–H and O–H groups in total. The van der Waals surface area contributed by atoms with E-state index in [1.807, 2.05) is 19.9 Å². The van der Waals surface area contributed by atoms with Gasteiger partial charge >= 0.3 is 0 Å². The Bertz CT molecular complexity index is 955. The Hall–Kier alpha value is -2.85. The van der Waals surface area contributed by atoms with Crippen molar-refractivity contribution in [1.82, 2.24) is 9.72 Å². The molecule has 3 aromatic rings. The van der Waals surface area contributed by atoms with Crippen LogP contribution in [0.3, 0.4) is 0 Å². The Morgan fingerprint density at radius 1 is 1.43 bits per heavy atom. The average Bonchev–Trinajstić information content (AvgIpc) is 3.10. The fourth-order valence-electron chi connectivity index (χ4n) is 2.50. The Kier molecular flexibility index (Phi) is 3.76. The number of pyridine rings is 1. The molecule has 0 aromatic carbocycles. The lowest BCUT2D eigenvalue weighted by molar-refractivity contribution is 0.393. The first-order chi connectivity index (χ1) is 11.0. The minimum absolute atomic E-state index is 0.166. The largest absolute Gasteiger partial charge is 0.394 e. The summed E-state index contributed by atoms with van der Waals surface area (Å²) >= 11 is 1.36. The van der Waals surface area contributed by atoms with Crippen LogP contribution in [0.2, 0.25) is 0 Å². The molecular weight excluding hydrogens is 312 g/mol. The Morgan fingerprint density at radius 3 is 2.83 bits per heavy atom. The summed E-state index contributed by atoms with van der Waals surface area (Å²) in [4.78, 5) is 13.8. The monoisotopic (exact) mass is 326 g/mol. The molecule has 116 valence electrons. The number of nitrogens with zero attached hydrogens (tertiary/aromatic N) is 3. The molecule has 0 bridgehead atoms. The quantitative estimate of drug-likeness (QED) is 0.798. The van der Waals surface area contributed by atoms with E-state index in [2.05, 4.69) is 11.2 Å². The van der Waals surface area contributed by atoms with E-state index >= 15 is 0 Å². The van der Waals surface area contributed by atoms with E-state index in [0.717, 1.165) is 21.7 Å². The third-order valence-corrected chi connectivity index (χ3v) is 4.51. The Morgan fingerprint density at radius 2 is 2.22 bits per heavy atom. The van der Waals surface area contributed by atoms with Crippen LogP contribution in [-0.2, 0) is 6.54 Å². The predicted octanol–water partition coefficient (Wildman–Crippen LogP) is 2.68. The maximum absolute atomic E-state index is 12.3. The number of rotatable bonds is 3. The Labute approximate surface area is 136 Å². The van der Waals surface area contributed by atoms with Gasteiger partial charge in [0, 0.05) is 22.2 Å². The molecule has 3 rings (SSSR count). The number of nitrogen functional groups attached to an aromatic ring is 1. The van der Waals surface area contributed by atoms with Crippen LogP contribution >= 0.6 is 11.3 Å². The second-order valence-corrected chi connectivity index (χ2v) is 6.36. The summed E-state index contributed by atoms with van der Waals surface area (Å²) in [6.45, 7) is 4.03. The van der Waals surface area contributed by atoms with Gasteiger partial charge in [0.05, 0.1) is 17.9 Å². The van der Waals surface area contributed by atoms with E-state index in [4.69, 9.17) is 15.5 Å². The topological polar surface area (TPSA) is 97.8 Å². The van der Waals surface area contributed by atoms with E-state index in [1.54, 1.807) is 22.9 Å². The zero-order valence-corrected chi connectivity index (χ0v) is 13.5. The summed E-state index contributed by atoms with van der Waals surface area (Å²) in [6.07, 6.45) is 1.75. The van der Waals surface area contributed by atoms with Crippen LogP contribution < -0.4 is 11.3 Å². The summed E-state index contributed by atoms with van der Waals surface area (Å²) < 4.78 is 6.73. The number of nitriles is 1. The average molecular weight is 326 g/mol. The first-order valence-corrected chi connectivity index (χ1v) is 7.73. The van der Waals surface area contributed by atoms with Gasteiger partial charge in [0.1, 0.15) is 16.7 Å². The second-order valence-electron chi connectivity index (χ2n) is 5.19. The predicted molar refractivity (Wildman–Crippen MR) is 88.2 cm³/mol. The van der Waals surface area contributed by atoms with Gasteiger partial charge in [0.15, 0.2) is 0 Å². The van der Waals surface area contributed by atoms with Gasteiger partial charge < -0.3 is 14.8 Å². The molecule has 0 aliphatic carbocycles. The van der Waals surface area contributed by atoms with Crippen molar-refractivity contribution in [2.24, 2.45) is 0 Å². The molecule has 0 aliphatic heterocycles. The van der Waals surface area contributed by atoms with Gasteiger partial charge in [-0.2, -0.15) is 5.26 Å². The highest BCUT2D eigenvalue weighted by atomic mass is 32.1. The number of hydrogen-bond donors (Lipinski definition) is 1. The third-order valence-electron chi connectivity index (χ3n) is 3.53. The van der Waals surface area contributed by atoms with Gasteiger partial charge in [-0.25, -0.2) is 0 Å². The summed E-state index contributed by atoms with van der Waals surface area (Å²) in [7, 11) is 0. The lowest BCUT2D eigenvalue weighted by Gasteiger charge is -2.09. The molecule has 23 heavy (non-hydrogen) atoms. The van der Waals surface area contributed by atoms with Crippen molar-refractivity contribution in [3.8, 4) is 17.2 Å². The van der Waals surface area contributed by atoms with Gasteiger partial charge in [-0.05, 0) is 32.0 Å². The fourth-order valence-corrected chi connectivity index (χ4v) is 3.30. The van der Waals surface area contributed by atoms with Crippen LogP contribution in [-0.4, -0.2) is 9.72 Å². The number of aromatic nitrogens is 2. The Balaban J connectivity index is 2.07. The summed E-state index contributed by atoms with van der Waals surface area (Å²) in [5.41, 5.74) is 8.16. The molecular formula is C16H14N4O2S. The third kappa shape index (κ3) is 2.76. The molecule has 7 heteroatoms. The highest BCUT2D eigenvalue weighted by Gasteiger charge is 2.15. The van der Waals surface area contributed by atoms with Crippen molar-refractivity contribution in [2.75, 3.05) is 5.73 Å². The molecule has 0 amide bonds. The van der Waals surface area contributed by atoms with Crippen molar-refractivity contribution in [3.05, 3.63) is 56.0 Å². The maximum atomic E-state index is 12.3. The van der Waals surface area contributed by atoms with E-state index in [1.165, 1.54) is 11.3 Å². The molecule has 0 saturated heterocycles. The van der Waals surface area contributed by atoms with Gasteiger partial charge in [0.25, 0.3) is 5.56 Å².